The molecule has 0 radical (unpaired) electrons. The number of benzene rings is 1. The second-order valence-corrected chi connectivity index (χ2v) is 8.99. The lowest BCUT2D eigenvalue weighted by Crippen LogP contribution is -2.08. The van der Waals surface area contributed by atoms with Crippen molar-refractivity contribution in [3.8, 4) is 10.4 Å². The Morgan fingerprint density at radius 2 is 1.58 bits per heavy atom. The largest absolute Gasteiger partial charge is 0.340 e. The molecule has 33 heavy (non-hydrogen) atoms. The monoisotopic (exact) mass is 461 g/mol. The van der Waals surface area contributed by atoms with Crippen LogP contribution in [0.2, 0.25) is 0 Å². The average Bonchev–Trinajstić information content (AvgIpc) is 3.07. The maximum Gasteiger partial charge on any atom is 0.250 e. The Hall–Kier alpha value is -3.78. The highest BCUT2D eigenvalue weighted by molar-refractivity contribution is 7.19. The molecule has 0 aliphatic heterocycles. The quantitative estimate of drug-likeness (QED) is 0.371. The normalized spacial score (nSPS) is 10.2. The van der Waals surface area contributed by atoms with E-state index in [0.29, 0.717) is 16.6 Å². The minimum absolute atomic E-state index is 0.166. The number of thiazole rings is 1. The van der Waals surface area contributed by atoms with Crippen molar-refractivity contribution in [3.05, 3.63) is 71.6 Å². The lowest BCUT2D eigenvalue weighted by molar-refractivity contribution is -0.112. The molecule has 0 saturated carbocycles. The van der Waals surface area contributed by atoms with Gasteiger partial charge >= 0.3 is 0 Å². The van der Waals surface area contributed by atoms with Crippen molar-refractivity contribution < 1.29 is 9.59 Å². The van der Waals surface area contributed by atoms with Crippen LogP contribution in [-0.2, 0) is 9.59 Å². The molecule has 0 aliphatic carbocycles. The summed E-state index contributed by atoms with van der Waals surface area (Å²) < 4.78 is 0. The number of rotatable bonds is 7. The van der Waals surface area contributed by atoms with Gasteiger partial charge in [0.05, 0.1) is 10.6 Å². The molecule has 0 unspecified atom stereocenters. The molecule has 0 fully saturated rings. The van der Waals surface area contributed by atoms with Gasteiger partial charge in [0, 0.05) is 29.7 Å². The molecule has 170 valence electrons. The lowest BCUT2D eigenvalue weighted by atomic mass is 10.2. The number of aromatic nitrogens is 2. The summed E-state index contributed by atoms with van der Waals surface area (Å²) in [7, 11) is 0. The number of hydrogen-bond donors (Lipinski definition) is 3. The zero-order valence-electron chi connectivity index (χ0n) is 19.3. The number of hydrogen-bond acceptors (Lipinski definition) is 6. The average molecular weight is 462 g/mol. The van der Waals surface area contributed by atoms with Crippen LogP contribution >= 0.6 is 11.3 Å². The molecule has 1 aromatic carbocycles. The van der Waals surface area contributed by atoms with Gasteiger partial charge in [-0.1, -0.05) is 28.5 Å². The Balaban J connectivity index is 1.77. The predicted octanol–water partition coefficient (Wildman–Crippen LogP) is 6.07. The summed E-state index contributed by atoms with van der Waals surface area (Å²) in [5, 5.41) is 9.50. The Labute approximate surface area is 197 Å². The van der Waals surface area contributed by atoms with E-state index in [1.807, 2.05) is 71.0 Å². The number of anilines is 4. The minimum Gasteiger partial charge on any atom is -0.340 e. The van der Waals surface area contributed by atoms with Gasteiger partial charge < -0.3 is 10.6 Å². The van der Waals surface area contributed by atoms with E-state index in [1.165, 1.54) is 11.3 Å². The van der Waals surface area contributed by atoms with Crippen LogP contribution in [0.15, 0.2) is 65.9 Å². The summed E-state index contributed by atoms with van der Waals surface area (Å²) in [5.74, 6) is 0.299. The number of nitrogens with one attached hydrogen (secondary N) is 3. The summed E-state index contributed by atoms with van der Waals surface area (Å²) in [6.07, 6.45) is 4.82. The van der Waals surface area contributed by atoms with E-state index in [2.05, 4.69) is 25.9 Å². The third-order valence-electron chi connectivity index (χ3n) is 4.29. The molecule has 3 rings (SSSR count). The van der Waals surface area contributed by atoms with Crippen molar-refractivity contribution in [1.82, 2.24) is 9.97 Å². The molecule has 0 spiro atoms. The van der Waals surface area contributed by atoms with Gasteiger partial charge in [0.2, 0.25) is 11.8 Å². The van der Waals surface area contributed by atoms with Gasteiger partial charge in [-0.3, -0.25) is 14.9 Å². The highest BCUT2D eigenvalue weighted by Gasteiger charge is 2.12. The molecular formula is C25H27N5O2S. The summed E-state index contributed by atoms with van der Waals surface area (Å²) in [6.45, 7) is 9.41. The SMILES string of the molecule is CC(C)=CC(=O)Nc1cccc(Nc2cc(-c3sc(NC(=O)C=C(C)C)nc3C)ccn2)c1. The molecule has 3 aromatic rings. The van der Waals surface area contributed by atoms with Crippen LogP contribution in [0.3, 0.4) is 0 Å². The number of allylic oxidation sites excluding steroid dienone is 2. The van der Waals surface area contributed by atoms with Crippen molar-refractivity contribution >= 4 is 45.5 Å². The molecule has 7 nitrogen and oxygen atoms in total. The molecule has 2 amide bonds. The topological polar surface area (TPSA) is 96.0 Å². The maximum absolute atomic E-state index is 12.0. The third kappa shape index (κ3) is 7.11. The van der Waals surface area contributed by atoms with Crippen molar-refractivity contribution in [2.75, 3.05) is 16.0 Å². The Morgan fingerprint density at radius 1 is 0.909 bits per heavy atom. The van der Waals surface area contributed by atoms with E-state index >= 15 is 0 Å². The first-order valence-electron chi connectivity index (χ1n) is 10.4. The van der Waals surface area contributed by atoms with E-state index in [0.717, 1.165) is 33.0 Å². The molecule has 0 atom stereocenters. The number of aryl methyl sites for hydroxylation is 1. The first kappa shape index (κ1) is 23.9. The molecule has 0 saturated heterocycles. The molecule has 2 aromatic heterocycles. The molecule has 3 N–H and O–H groups in total. The van der Waals surface area contributed by atoms with Gasteiger partial charge in [0.15, 0.2) is 5.13 Å². The van der Waals surface area contributed by atoms with Gasteiger partial charge in [-0.15, -0.1) is 0 Å². The first-order chi connectivity index (χ1) is 15.7. The number of carbonyl (C=O) groups is 2. The Morgan fingerprint density at radius 3 is 2.27 bits per heavy atom. The standard InChI is InChI=1S/C25H27N5O2S/c1-15(2)11-22(31)29-20-8-6-7-19(14-20)28-21-13-18(9-10-26-21)24-17(5)27-25(33-24)30-23(32)12-16(3)4/h6-14H,1-5H3,(H,26,28)(H,29,31)(H,27,30,32). The second-order valence-electron chi connectivity index (χ2n) is 7.99. The maximum atomic E-state index is 12.0. The molecular weight excluding hydrogens is 434 g/mol. The molecule has 0 aliphatic rings. The number of carbonyl (C=O) groups excluding carboxylic acids is 2. The van der Waals surface area contributed by atoms with Crippen LogP contribution < -0.4 is 16.0 Å². The van der Waals surface area contributed by atoms with Crippen LogP contribution in [0.4, 0.5) is 22.3 Å². The number of pyridine rings is 1. The molecule has 2 heterocycles. The third-order valence-corrected chi connectivity index (χ3v) is 5.41. The fourth-order valence-electron chi connectivity index (χ4n) is 3.02. The summed E-state index contributed by atoms with van der Waals surface area (Å²) in [6, 6.07) is 11.3. The van der Waals surface area contributed by atoms with Crippen LogP contribution in [0.5, 0.6) is 0 Å². The Bertz CT molecular complexity index is 1240. The highest BCUT2D eigenvalue weighted by Crippen LogP contribution is 2.34. The zero-order valence-corrected chi connectivity index (χ0v) is 20.1. The minimum atomic E-state index is -0.191. The van der Waals surface area contributed by atoms with Gasteiger partial charge in [-0.05, 0) is 70.5 Å². The van der Waals surface area contributed by atoms with E-state index in [4.69, 9.17) is 0 Å². The highest BCUT2D eigenvalue weighted by atomic mass is 32.1. The molecule has 0 bridgehead atoms. The predicted molar refractivity (Wildman–Crippen MR) is 136 cm³/mol. The van der Waals surface area contributed by atoms with E-state index in [1.54, 1.807) is 18.3 Å². The van der Waals surface area contributed by atoms with Crippen LogP contribution in [0, 0.1) is 6.92 Å². The summed E-state index contributed by atoms with van der Waals surface area (Å²) >= 11 is 1.42. The van der Waals surface area contributed by atoms with Gasteiger partial charge in [-0.25, -0.2) is 9.97 Å². The van der Waals surface area contributed by atoms with E-state index in [9.17, 15) is 9.59 Å². The van der Waals surface area contributed by atoms with Crippen LogP contribution in [-0.4, -0.2) is 21.8 Å². The molecule has 8 heteroatoms. The van der Waals surface area contributed by atoms with Crippen LogP contribution in [0.25, 0.3) is 10.4 Å². The smallest absolute Gasteiger partial charge is 0.250 e. The first-order valence-corrected chi connectivity index (χ1v) is 11.2. The van der Waals surface area contributed by atoms with Gasteiger partial charge in [0.25, 0.3) is 0 Å². The van der Waals surface area contributed by atoms with Crippen molar-refractivity contribution in [3.63, 3.8) is 0 Å². The zero-order chi connectivity index (χ0) is 24.0. The van der Waals surface area contributed by atoms with Gasteiger partial charge in [-0.2, -0.15) is 0 Å². The summed E-state index contributed by atoms with van der Waals surface area (Å²) in [4.78, 5) is 33.8. The van der Waals surface area contributed by atoms with Crippen molar-refractivity contribution in [2.24, 2.45) is 0 Å². The Kier molecular flexibility index (Phi) is 7.74. The fourth-order valence-corrected chi connectivity index (χ4v) is 3.99. The lowest BCUT2D eigenvalue weighted by Gasteiger charge is -2.09. The van der Waals surface area contributed by atoms with Crippen molar-refractivity contribution in [1.29, 1.82) is 0 Å². The number of amides is 2. The fraction of sp³-hybridized carbons (Fsp3) is 0.200. The summed E-state index contributed by atoms with van der Waals surface area (Å²) in [5.41, 5.74) is 5.11. The van der Waals surface area contributed by atoms with Crippen molar-refractivity contribution in [2.45, 2.75) is 34.6 Å². The second kappa shape index (κ2) is 10.7. The van der Waals surface area contributed by atoms with Gasteiger partial charge in [0.1, 0.15) is 5.82 Å². The number of nitrogens with zero attached hydrogens (tertiary/aromatic N) is 2. The van der Waals surface area contributed by atoms with E-state index in [-0.39, 0.29) is 11.8 Å². The van der Waals surface area contributed by atoms with Crippen LogP contribution in [0.1, 0.15) is 33.4 Å². The van der Waals surface area contributed by atoms with E-state index < -0.39 is 0 Å².